The molecule has 146 valence electrons. The van der Waals surface area contributed by atoms with E-state index in [2.05, 4.69) is 58.6 Å². The number of hydrogen-bond acceptors (Lipinski definition) is 6. The maximum Gasteiger partial charge on any atom is 0.413 e. The van der Waals surface area contributed by atoms with Gasteiger partial charge in [-0.15, -0.1) is 10.2 Å². The number of aryl methyl sites for hydroxylation is 1. The van der Waals surface area contributed by atoms with Crippen LogP contribution in [0.5, 0.6) is 0 Å². The summed E-state index contributed by atoms with van der Waals surface area (Å²) in [5, 5.41) is 13.9. The largest absolute Gasteiger partial charge is 0.444 e. The molecule has 7 nitrogen and oxygen atoms in total. The molecule has 0 bridgehead atoms. The van der Waals surface area contributed by atoms with Crippen molar-refractivity contribution in [3.05, 3.63) is 35.9 Å². The van der Waals surface area contributed by atoms with E-state index in [1.54, 1.807) is 32.9 Å². The Labute approximate surface area is 161 Å². The second-order valence-corrected chi connectivity index (χ2v) is 7.23. The van der Waals surface area contributed by atoms with Crippen molar-refractivity contribution in [2.45, 2.75) is 47.1 Å². The molecule has 0 aliphatic rings. The van der Waals surface area contributed by atoms with Gasteiger partial charge in [0, 0.05) is 24.5 Å². The van der Waals surface area contributed by atoms with Crippen LogP contribution in [0.15, 0.2) is 30.3 Å². The van der Waals surface area contributed by atoms with Gasteiger partial charge in [-0.1, -0.05) is 0 Å². The highest BCUT2D eigenvalue weighted by Gasteiger charge is 2.16. The van der Waals surface area contributed by atoms with Crippen molar-refractivity contribution in [1.82, 2.24) is 10.2 Å². The van der Waals surface area contributed by atoms with Crippen LogP contribution in [0.25, 0.3) is 0 Å². The van der Waals surface area contributed by atoms with Gasteiger partial charge in [-0.2, -0.15) is 0 Å². The zero-order valence-corrected chi connectivity index (χ0v) is 17.0. The number of ether oxygens (including phenoxy) is 1. The Balaban J connectivity index is 2.03. The van der Waals surface area contributed by atoms with Gasteiger partial charge >= 0.3 is 6.09 Å². The minimum atomic E-state index is -0.562. The van der Waals surface area contributed by atoms with E-state index in [1.807, 2.05) is 6.07 Å². The van der Waals surface area contributed by atoms with E-state index < -0.39 is 11.7 Å². The van der Waals surface area contributed by atoms with E-state index in [0.29, 0.717) is 11.6 Å². The van der Waals surface area contributed by atoms with Crippen LogP contribution in [-0.2, 0) is 4.74 Å². The van der Waals surface area contributed by atoms with E-state index in [0.717, 1.165) is 24.3 Å². The van der Waals surface area contributed by atoms with Crippen molar-refractivity contribution in [2.24, 2.45) is 0 Å². The molecule has 1 aromatic heterocycles. The van der Waals surface area contributed by atoms with E-state index in [4.69, 9.17) is 4.74 Å². The average Bonchev–Trinajstić information content (AvgIpc) is 2.58. The Morgan fingerprint density at radius 3 is 2.22 bits per heavy atom. The van der Waals surface area contributed by atoms with Crippen LogP contribution in [0.4, 0.5) is 27.8 Å². The summed E-state index contributed by atoms with van der Waals surface area (Å²) in [7, 11) is 0. The number of rotatable bonds is 6. The summed E-state index contributed by atoms with van der Waals surface area (Å²) in [4.78, 5) is 14.1. The Bertz CT molecular complexity index is 765. The van der Waals surface area contributed by atoms with Gasteiger partial charge in [0.05, 0.1) is 0 Å². The molecule has 0 fully saturated rings. The first kappa shape index (κ1) is 20.5. The van der Waals surface area contributed by atoms with E-state index >= 15 is 0 Å². The molecule has 0 saturated carbocycles. The molecule has 2 aromatic rings. The van der Waals surface area contributed by atoms with E-state index in [-0.39, 0.29) is 0 Å². The Hall–Kier alpha value is -2.83. The smallest absolute Gasteiger partial charge is 0.413 e. The molecule has 0 saturated heterocycles. The molecule has 2 N–H and O–H groups in total. The Kier molecular flexibility index (Phi) is 6.60. The molecular weight excluding hydrogens is 342 g/mol. The highest BCUT2D eigenvalue weighted by Crippen LogP contribution is 2.25. The van der Waals surface area contributed by atoms with Crippen molar-refractivity contribution >= 4 is 29.1 Å². The highest BCUT2D eigenvalue weighted by molar-refractivity contribution is 5.83. The van der Waals surface area contributed by atoms with Crippen molar-refractivity contribution in [3.8, 4) is 0 Å². The number of carbonyl (C=O) groups excluding carboxylic acids is 1. The van der Waals surface area contributed by atoms with Crippen LogP contribution in [0.2, 0.25) is 0 Å². The number of benzene rings is 1. The van der Waals surface area contributed by atoms with Crippen LogP contribution in [0, 0.1) is 6.92 Å². The number of amides is 1. The predicted molar refractivity (Wildman–Crippen MR) is 110 cm³/mol. The van der Waals surface area contributed by atoms with Crippen LogP contribution in [0.3, 0.4) is 0 Å². The minimum absolute atomic E-state index is 0.336. The lowest BCUT2D eigenvalue weighted by molar-refractivity contribution is 0.0635. The molecule has 0 radical (unpaired) electrons. The fraction of sp³-hybridized carbons (Fsp3) is 0.450. The summed E-state index contributed by atoms with van der Waals surface area (Å²) in [6.45, 7) is 13.7. The van der Waals surface area contributed by atoms with Crippen molar-refractivity contribution < 1.29 is 9.53 Å². The molecule has 1 aromatic carbocycles. The maximum atomic E-state index is 11.8. The first-order valence-electron chi connectivity index (χ1n) is 9.18. The number of anilines is 4. The third-order valence-corrected chi connectivity index (χ3v) is 3.89. The summed E-state index contributed by atoms with van der Waals surface area (Å²) >= 11 is 0. The van der Waals surface area contributed by atoms with Gasteiger partial charge in [-0.05, 0) is 77.4 Å². The Morgan fingerprint density at radius 2 is 1.70 bits per heavy atom. The first-order chi connectivity index (χ1) is 12.7. The highest BCUT2D eigenvalue weighted by atomic mass is 16.6. The lowest BCUT2D eigenvalue weighted by Crippen LogP contribution is -2.27. The molecule has 1 amide bonds. The van der Waals surface area contributed by atoms with Crippen LogP contribution >= 0.6 is 0 Å². The summed E-state index contributed by atoms with van der Waals surface area (Å²) in [5.41, 5.74) is 2.73. The summed E-state index contributed by atoms with van der Waals surface area (Å²) < 4.78 is 5.19. The maximum absolute atomic E-state index is 11.8. The second kappa shape index (κ2) is 8.70. The van der Waals surface area contributed by atoms with Crippen molar-refractivity contribution in [2.75, 3.05) is 28.6 Å². The average molecular weight is 371 g/mol. The van der Waals surface area contributed by atoms with Crippen molar-refractivity contribution in [3.63, 3.8) is 0 Å². The van der Waals surface area contributed by atoms with Gasteiger partial charge in [-0.25, -0.2) is 4.79 Å². The fourth-order valence-corrected chi connectivity index (χ4v) is 2.59. The quantitative estimate of drug-likeness (QED) is 0.765. The van der Waals surface area contributed by atoms with Gasteiger partial charge in [0.2, 0.25) is 0 Å². The monoisotopic (exact) mass is 371 g/mol. The second-order valence-electron chi connectivity index (χ2n) is 7.23. The number of hydrogen-bond donors (Lipinski definition) is 2. The molecule has 0 atom stereocenters. The minimum Gasteiger partial charge on any atom is -0.444 e. The molecule has 0 aliphatic heterocycles. The lowest BCUT2D eigenvalue weighted by Gasteiger charge is -2.22. The lowest BCUT2D eigenvalue weighted by atomic mass is 10.1. The van der Waals surface area contributed by atoms with E-state index in [1.165, 1.54) is 5.69 Å². The zero-order valence-electron chi connectivity index (χ0n) is 17.0. The number of nitrogens with zero attached hydrogens (tertiary/aromatic N) is 3. The van der Waals surface area contributed by atoms with E-state index in [9.17, 15) is 4.79 Å². The summed E-state index contributed by atoms with van der Waals surface area (Å²) in [6, 6.07) is 9.73. The van der Waals surface area contributed by atoms with Gasteiger partial charge in [0.15, 0.2) is 11.6 Å². The molecule has 27 heavy (non-hydrogen) atoms. The molecule has 0 spiro atoms. The zero-order chi connectivity index (χ0) is 20.0. The normalized spacial score (nSPS) is 11.0. The van der Waals surface area contributed by atoms with Gasteiger partial charge in [0.1, 0.15) is 5.60 Å². The summed E-state index contributed by atoms with van der Waals surface area (Å²) in [5.74, 6) is 0.937. The Morgan fingerprint density at radius 1 is 1.07 bits per heavy atom. The fourth-order valence-electron chi connectivity index (χ4n) is 2.59. The standard InChI is InChI=1S/C20H29N5O2/c1-7-25(8-2)15-9-10-16(14(3)13-15)21-17-11-12-18(24-23-17)22-19(26)27-20(4,5)6/h9-13H,7-8H2,1-6H3,(H,21,23)(H,22,24,26). The van der Waals surface area contributed by atoms with Crippen molar-refractivity contribution in [1.29, 1.82) is 0 Å². The third-order valence-electron chi connectivity index (χ3n) is 3.89. The number of carbonyl (C=O) groups is 1. The van der Waals surface area contributed by atoms with Crippen LogP contribution < -0.4 is 15.5 Å². The molecule has 2 rings (SSSR count). The predicted octanol–water partition coefficient (Wildman–Crippen LogP) is 4.72. The van der Waals surface area contributed by atoms with Gasteiger partial charge in [0.25, 0.3) is 0 Å². The van der Waals surface area contributed by atoms with Gasteiger partial charge in [-0.3, -0.25) is 5.32 Å². The van der Waals surface area contributed by atoms with Gasteiger partial charge < -0.3 is 15.0 Å². The molecule has 1 heterocycles. The first-order valence-corrected chi connectivity index (χ1v) is 9.18. The summed E-state index contributed by atoms with van der Waals surface area (Å²) in [6.07, 6.45) is -0.555. The SMILES string of the molecule is CCN(CC)c1ccc(Nc2ccc(NC(=O)OC(C)(C)C)nn2)c(C)c1. The number of nitrogens with one attached hydrogen (secondary N) is 2. The van der Waals surface area contributed by atoms with Crippen LogP contribution in [-0.4, -0.2) is 35.0 Å². The molecular formula is C20H29N5O2. The van der Waals surface area contributed by atoms with Crippen LogP contribution in [0.1, 0.15) is 40.2 Å². The topological polar surface area (TPSA) is 79.4 Å². The molecule has 0 aliphatic carbocycles. The number of aromatic nitrogens is 2. The molecule has 7 heteroatoms. The third kappa shape index (κ3) is 6.13. The molecule has 0 unspecified atom stereocenters.